The minimum atomic E-state index is -6.00. The fraction of sp³-hybridized carbons (Fsp3) is 0.286. The number of rotatable bonds is 4. The van der Waals surface area contributed by atoms with Crippen LogP contribution in [0.15, 0.2) is 52.9 Å². The summed E-state index contributed by atoms with van der Waals surface area (Å²) >= 11 is 0. The quantitative estimate of drug-likeness (QED) is 0.514. The van der Waals surface area contributed by atoms with Gasteiger partial charge in [0.15, 0.2) is 0 Å². The Hall–Kier alpha value is -2.77. The lowest BCUT2D eigenvalue weighted by atomic mass is 10.1. The molecule has 0 amide bonds. The van der Waals surface area contributed by atoms with Crippen molar-refractivity contribution in [2.24, 2.45) is 5.92 Å². The second-order valence-electron chi connectivity index (χ2n) is 7.02. The molecule has 0 radical (unpaired) electrons. The molecule has 0 atom stereocenters. The number of nitrogens with one attached hydrogen (secondary N) is 1. The highest BCUT2D eigenvalue weighted by Gasteiger charge is 2.20. The van der Waals surface area contributed by atoms with Crippen LogP contribution in [0.1, 0.15) is 19.4 Å². The van der Waals surface area contributed by atoms with Crippen molar-refractivity contribution in [3.63, 3.8) is 0 Å². The number of hydrogen-bond donors (Lipinski definition) is 1. The van der Waals surface area contributed by atoms with Crippen LogP contribution in [0, 0.1) is 12.8 Å². The van der Waals surface area contributed by atoms with E-state index < -0.39 is 7.25 Å². The molecule has 0 saturated heterocycles. The second kappa shape index (κ2) is 9.63. The molecule has 0 aliphatic carbocycles. The SMILES string of the molecule is COc1ccc(-c2cc(=[NH+]CC(C)C)c3cc(C)ccc3o2)cc1.F[B-](F)(F)F. The van der Waals surface area contributed by atoms with Crippen LogP contribution in [0.3, 0.4) is 0 Å². The van der Waals surface area contributed by atoms with Crippen molar-refractivity contribution in [1.82, 2.24) is 0 Å². The van der Waals surface area contributed by atoms with Gasteiger partial charge in [-0.05, 0) is 43.3 Å². The Kier molecular flexibility index (Phi) is 7.48. The maximum atomic E-state index is 9.75. The third-order valence-electron chi connectivity index (χ3n) is 4.00. The molecule has 156 valence electrons. The van der Waals surface area contributed by atoms with Crippen LogP contribution < -0.4 is 15.1 Å². The first-order valence-corrected chi connectivity index (χ1v) is 9.20. The van der Waals surface area contributed by atoms with Crippen LogP contribution in [0.4, 0.5) is 17.3 Å². The summed E-state index contributed by atoms with van der Waals surface area (Å²) in [4.78, 5) is 3.56. The van der Waals surface area contributed by atoms with Crippen molar-refractivity contribution in [3.8, 4) is 17.1 Å². The monoisotopic (exact) mass is 409 g/mol. The molecule has 0 aliphatic heterocycles. The molecule has 0 spiro atoms. The van der Waals surface area contributed by atoms with Crippen molar-refractivity contribution in [2.75, 3.05) is 13.7 Å². The molecule has 3 rings (SSSR count). The van der Waals surface area contributed by atoms with Gasteiger partial charge in [-0.25, -0.2) is 4.99 Å². The van der Waals surface area contributed by atoms with Crippen LogP contribution >= 0.6 is 0 Å². The molecule has 1 aromatic heterocycles. The lowest BCUT2D eigenvalue weighted by Gasteiger charge is -2.05. The summed E-state index contributed by atoms with van der Waals surface area (Å²) in [7, 11) is -4.33. The summed E-state index contributed by atoms with van der Waals surface area (Å²) in [5, 5.41) is 2.23. The standard InChI is InChI=1S/C21H23NO2.BF4/c1-14(2)13-22-19-12-21(16-6-8-17(23-4)9-7-16)24-20-10-5-15(3)11-18(19)20;2-1(3,4)5/h5-12,14H,13H2,1-4H3;/q;-1/p+1. The number of fused-ring (bicyclic) bond motifs is 1. The minimum absolute atomic E-state index is 0.575. The van der Waals surface area contributed by atoms with E-state index in [4.69, 9.17) is 9.15 Å². The highest BCUT2D eigenvalue weighted by atomic mass is 19.5. The molecular formula is C21H24BF4NO2. The van der Waals surface area contributed by atoms with Crippen molar-refractivity contribution in [3.05, 3.63) is 59.5 Å². The number of aryl methyl sites for hydroxylation is 1. The molecule has 3 nitrogen and oxygen atoms in total. The summed E-state index contributed by atoms with van der Waals surface area (Å²) in [5.74, 6) is 2.26. The highest BCUT2D eigenvalue weighted by Crippen LogP contribution is 2.24. The minimum Gasteiger partial charge on any atom is -0.497 e. The van der Waals surface area contributed by atoms with Crippen molar-refractivity contribution < 1.29 is 31.4 Å². The average molecular weight is 409 g/mol. The number of halogens is 4. The van der Waals surface area contributed by atoms with Gasteiger partial charge in [-0.2, -0.15) is 0 Å². The first-order valence-electron chi connectivity index (χ1n) is 9.20. The van der Waals surface area contributed by atoms with E-state index in [0.717, 1.165) is 39.9 Å². The zero-order valence-corrected chi connectivity index (χ0v) is 16.8. The predicted molar refractivity (Wildman–Crippen MR) is 107 cm³/mol. The summed E-state index contributed by atoms with van der Waals surface area (Å²) in [6.07, 6.45) is 0. The topological polar surface area (TPSA) is 36.3 Å². The Morgan fingerprint density at radius 2 is 1.62 bits per heavy atom. The van der Waals surface area contributed by atoms with Gasteiger partial charge < -0.3 is 26.4 Å². The summed E-state index contributed by atoms with van der Waals surface area (Å²) < 4.78 is 50.4. The van der Waals surface area contributed by atoms with E-state index in [2.05, 4.69) is 44.0 Å². The van der Waals surface area contributed by atoms with E-state index in [1.807, 2.05) is 30.3 Å². The van der Waals surface area contributed by atoms with Crippen LogP contribution in [0.25, 0.3) is 22.3 Å². The van der Waals surface area contributed by atoms with E-state index in [0.29, 0.717) is 5.92 Å². The van der Waals surface area contributed by atoms with Crippen LogP contribution in [-0.2, 0) is 0 Å². The predicted octanol–water partition coefficient (Wildman–Crippen LogP) is 4.35. The maximum Gasteiger partial charge on any atom is 0.673 e. The Morgan fingerprint density at radius 3 is 2.17 bits per heavy atom. The number of methoxy groups -OCH3 is 1. The van der Waals surface area contributed by atoms with E-state index in [1.165, 1.54) is 5.56 Å². The molecule has 0 saturated carbocycles. The second-order valence-corrected chi connectivity index (χ2v) is 7.02. The highest BCUT2D eigenvalue weighted by molar-refractivity contribution is 6.50. The van der Waals surface area contributed by atoms with Gasteiger partial charge >= 0.3 is 7.25 Å². The Labute approximate surface area is 167 Å². The van der Waals surface area contributed by atoms with Gasteiger partial charge in [0.05, 0.1) is 18.6 Å². The van der Waals surface area contributed by atoms with E-state index in [9.17, 15) is 17.3 Å². The van der Waals surface area contributed by atoms with Crippen molar-refractivity contribution in [2.45, 2.75) is 20.8 Å². The molecule has 0 unspecified atom stereocenters. The van der Waals surface area contributed by atoms with Crippen LogP contribution in [-0.4, -0.2) is 20.9 Å². The Morgan fingerprint density at radius 1 is 1.00 bits per heavy atom. The molecule has 0 bridgehead atoms. The van der Waals surface area contributed by atoms with Gasteiger partial charge in [0.25, 0.3) is 0 Å². The molecule has 0 fully saturated rings. The Bertz CT molecular complexity index is 1010. The van der Waals surface area contributed by atoms with E-state index in [-0.39, 0.29) is 0 Å². The van der Waals surface area contributed by atoms with Crippen LogP contribution in [0.2, 0.25) is 0 Å². The first kappa shape index (κ1) is 22.5. The van der Waals surface area contributed by atoms with Crippen LogP contribution in [0.5, 0.6) is 5.75 Å². The van der Waals surface area contributed by atoms with Gasteiger partial charge in [0.2, 0.25) is 5.36 Å². The third kappa shape index (κ3) is 7.29. The number of hydrogen-bond acceptors (Lipinski definition) is 2. The van der Waals surface area contributed by atoms with Gasteiger partial charge in [0.1, 0.15) is 23.6 Å². The summed E-state index contributed by atoms with van der Waals surface area (Å²) in [5.41, 5.74) is 3.15. The molecule has 3 aromatic rings. The number of ether oxygens (including phenoxy) is 1. The molecular weight excluding hydrogens is 385 g/mol. The summed E-state index contributed by atoms with van der Waals surface area (Å²) in [6.45, 7) is 7.44. The van der Waals surface area contributed by atoms with Gasteiger partial charge in [-0.1, -0.05) is 25.5 Å². The first-order chi connectivity index (χ1) is 13.6. The molecule has 2 aromatic carbocycles. The fourth-order valence-corrected chi connectivity index (χ4v) is 2.66. The van der Waals surface area contributed by atoms with Crippen molar-refractivity contribution in [1.29, 1.82) is 0 Å². The molecule has 0 aliphatic rings. The van der Waals surface area contributed by atoms with Crippen molar-refractivity contribution >= 4 is 18.2 Å². The molecule has 1 N–H and O–H groups in total. The zero-order valence-electron chi connectivity index (χ0n) is 16.8. The normalized spacial score (nSPS) is 12.1. The van der Waals surface area contributed by atoms with E-state index >= 15 is 0 Å². The Balaban J connectivity index is 0.000000537. The molecule has 29 heavy (non-hydrogen) atoms. The fourth-order valence-electron chi connectivity index (χ4n) is 2.66. The molecule has 1 heterocycles. The van der Waals surface area contributed by atoms with Gasteiger partial charge in [0, 0.05) is 11.5 Å². The number of benzene rings is 2. The molecule has 8 heteroatoms. The smallest absolute Gasteiger partial charge is 0.497 e. The third-order valence-corrected chi connectivity index (χ3v) is 4.00. The van der Waals surface area contributed by atoms with Gasteiger partial charge in [-0.3, -0.25) is 0 Å². The van der Waals surface area contributed by atoms with E-state index in [1.54, 1.807) is 7.11 Å². The lowest BCUT2D eigenvalue weighted by Crippen LogP contribution is -2.77. The average Bonchev–Trinajstić information content (AvgIpc) is 2.64. The zero-order chi connectivity index (χ0) is 21.6. The van der Waals surface area contributed by atoms with Gasteiger partial charge in [-0.15, -0.1) is 0 Å². The largest absolute Gasteiger partial charge is 0.673 e. The summed E-state index contributed by atoms with van der Waals surface area (Å²) in [6, 6.07) is 16.3. The maximum absolute atomic E-state index is 9.75. The lowest BCUT2D eigenvalue weighted by molar-refractivity contribution is -0.505.